The van der Waals surface area contributed by atoms with Crippen LogP contribution in [0, 0.1) is 25.2 Å². The zero-order chi connectivity index (χ0) is 24.1. The standard InChI is InChI=1S/C24H23F3N4O3/c1-14-9-19(34-30-14)20-15(2)18-11-16(12-24(25,26)27)10-17(13-28)21(18)29-22(20)31-5-3-23(4-6-31)32-7-8-33-23/h9-11H,3-8,12H2,1-2H3. The fourth-order valence-electron chi connectivity index (χ4n) is 4.83. The van der Waals surface area contributed by atoms with Gasteiger partial charge in [-0.15, -0.1) is 0 Å². The predicted molar refractivity (Wildman–Crippen MR) is 117 cm³/mol. The van der Waals surface area contributed by atoms with E-state index in [1.807, 2.05) is 13.0 Å². The van der Waals surface area contributed by atoms with E-state index in [1.54, 1.807) is 13.0 Å². The number of aryl methyl sites for hydroxylation is 2. The van der Waals surface area contributed by atoms with Gasteiger partial charge in [0.1, 0.15) is 11.9 Å². The molecular formula is C24H23F3N4O3. The van der Waals surface area contributed by atoms with Crippen LogP contribution in [-0.2, 0) is 15.9 Å². The highest BCUT2D eigenvalue weighted by atomic mass is 19.4. The molecule has 2 aromatic heterocycles. The second-order valence-corrected chi connectivity index (χ2v) is 8.81. The van der Waals surface area contributed by atoms with E-state index < -0.39 is 18.4 Å². The van der Waals surface area contributed by atoms with Crippen LogP contribution in [0.4, 0.5) is 19.0 Å². The van der Waals surface area contributed by atoms with Crippen LogP contribution < -0.4 is 4.90 Å². The van der Waals surface area contributed by atoms with E-state index >= 15 is 0 Å². The molecule has 0 aliphatic carbocycles. The summed E-state index contributed by atoms with van der Waals surface area (Å²) in [6.45, 7) is 5.96. The Balaban J connectivity index is 1.66. The molecule has 0 amide bonds. The summed E-state index contributed by atoms with van der Waals surface area (Å²) in [6.07, 6.45) is -4.21. The molecule has 2 saturated heterocycles. The van der Waals surface area contributed by atoms with Crippen molar-refractivity contribution in [2.24, 2.45) is 0 Å². The molecule has 34 heavy (non-hydrogen) atoms. The van der Waals surface area contributed by atoms with E-state index in [-0.39, 0.29) is 11.1 Å². The normalized spacial score (nSPS) is 18.1. The summed E-state index contributed by atoms with van der Waals surface area (Å²) in [5, 5.41) is 14.2. The van der Waals surface area contributed by atoms with Gasteiger partial charge in [0.2, 0.25) is 0 Å². The van der Waals surface area contributed by atoms with Crippen molar-refractivity contribution in [2.75, 3.05) is 31.2 Å². The largest absolute Gasteiger partial charge is 0.393 e. The second kappa shape index (κ2) is 8.25. The number of rotatable bonds is 3. The Morgan fingerprint density at radius 1 is 1.12 bits per heavy atom. The Hall–Kier alpha value is -3.16. The summed E-state index contributed by atoms with van der Waals surface area (Å²) >= 11 is 0. The number of hydrogen-bond acceptors (Lipinski definition) is 7. The van der Waals surface area contributed by atoms with Gasteiger partial charge in [-0.1, -0.05) is 5.16 Å². The topological polar surface area (TPSA) is 84.4 Å². The molecule has 0 radical (unpaired) electrons. The van der Waals surface area contributed by atoms with Crippen molar-refractivity contribution in [2.45, 2.75) is 45.1 Å². The van der Waals surface area contributed by atoms with Crippen molar-refractivity contribution in [1.82, 2.24) is 10.1 Å². The van der Waals surface area contributed by atoms with E-state index in [9.17, 15) is 18.4 Å². The number of alkyl halides is 3. The first-order valence-electron chi connectivity index (χ1n) is 11.1. The van der Waals surface area contributed by atoms with Crippen LogP contribution in [0.2, 0.25) is 0 Å². The molecule has 2 aliphatic heterocycles. The van der Waals surface area contributed by atoms with E-state index in [4.69, 9.17) is 19.0 Å². The maximum Gasteiger partial charge on any atom is 0.393 e. The molecular weight excluding hydrogens is 449 g/mol. The van der Waals surface area contributed by atoms with E-state index in [2.05, 4.69) is 10.1 Å². The lowest BCUT2D eigenvalue weighted by molar-refractivity contribution is -0.169. The summed E-state index contributed by atoms with van der Waals surface area (Å²) in [7, 11) is 0. The third kappa shape index (κ3) is 4.10. The minimum atomic E-state index is -4.39. The second-order valence-electron chi connectivity index (χ2n) is 8.81. The Morgan fingerprint density at radius 3 is 2.41 bits per heavy atom. The van der Waals surface area contributed by atoms with Crippen LogP contribution in [-0.4, -0.2) is 48.4 Å². The van der Waals surface area contributed by atoms with Gasteiger partial charge in [0.15, 0.2) is 11.5 Å². The van der Waals surface area contributed by atoms with Crippen LogP contribution in [0.15, 0.2) is 22.7 Å². The summed E-state index contributed by atoms with van der Waals surface area (Å²) < 4.78 is 56.6. The summed E-state index contributed by atoms with van der Waals surface area (Å²) in [6, 6.07) is 6.55. The summed E-state index contributed by atoms with van der Waals surface area (Å²) in [5.74, 6) is 0.511. The van der Waals surface area contributed by atoms with Crippen molar-refractivity contribution in [3.63, 3.8) is 0 Å². The monoisotopic (exact) mass is 472 g/mol. The number of ether oxygens (including phenoxy) is 2. The lowest BCUT2D eigenvalue weighted by Crippen LogP contribution is -2.45. The molecule has 3 aromatic rings. The predicted octanol–water partition coefficient (Wildman–Crippen LogP) is 4.83. The first-order chi connectivity index (χ1) is 16.2. The van der Waals surface area contributed by atoms with Crippen molar-refractivity contribution in [3.8, 4) is 17.4 Å². The zero-order valence-electron chi connectivity index (χ0n) is 18.8. The molecule has 2 aliphatic rings. The first-order valence-corrected chi connectivity index (χ1v) is 11.1. The smallest absolute Gasteiger partial charge is 0.356 e. The fourth-order valence-corrected chi connectivity index (χ4v) is 4.83. The molecule has 0 atom stereocenters. The number of halogens is 3. The van der Waals surface area contributed by atoms with Crippen LogP contribution in [0.5, 0.6) is 0 Å². The average molecular weight is 472 g/mol. The number of pyridine rings is 1. The van der Waals surface area contributed by atoms with Crippen LogP contribution in [0.1, 0.15) is 35.2 Å². The SMILES string of the molecule is Cc1cc(-c2c(N3CCC4(CC3)OCCO4)nc3c(C#N)cc(CC(F)(F)F)cc3c2C)on1. The Morgan fingerprint density at radius 2 is 1.82 bits per heavy atom. The van der Waals surface area contributed by atoms with Crippen molar-refractivity contribution in [3.05, 3.63) is 40.6 Å². The van der Waals surface area contributed by atoms with Gasteiger partial charge < -0.3 is 18.9 Å². The average Bonchev–Trinajstić information content (AvgIpc) is 3.42. The lowest BCUT2D eigenvalue weighted by atomic mass is 9.95. The summed E-state index contributed by atoms with van der Waals surface area (Å²) in [4.78, 5) is 6.91. The van der Waals surface area contributed by atoms with Gasteiger partial charge in [0, 0.05) is 37.4 Å². The number of aromatic nitrogens is 2. The molecule has 5 rings (SSSR count). The highest BCUT2D eigenvalue weighted by Crippen LogP contribution is 2.41. The highest BCUT2D eigenvalue weighted by Gasteiger charge is 2.41. The minimum Gasteiger partial charge on any atom is -0.356 e. The van der Waals surface area contributed by atoms with E-state index in [1.165, 1.54) is 12.1 Å². The fraction of sp³-hybridized carbons (Fsp3) is 0.458. The molecule has 10 heteroatoms. The van der Waals surface area contributed by atoms with E-state index in [0.29, 0.717) is 78.4 Å². The molecule has 4 heterocycles. The first kappa shape index (κ1) is 22.6. The molecule has 0 bridgehead atoms. The van der Waals surface area contributed by atoms with Gasteiger partial charge in [0.25, 0.3) is 0 Å². The summed E-state index contributed by atoms with van der Waals surface area (Å²) in [5.41, 5.74) is 2.52. The number of piperidine rings is 1. The van der Waals surface area contributed by atoms with Gasteiger partial charge in [-0.05, 0) is 37.1 Å². The van der Waals surface area contributed by atoms with Crippen molar-refractivity contribution >= 4 is 16.7 Å². The molecule has 0 unspecified atom stereocenters. The quantitative estimate of drug-likeness (QED) is 0.540. The van der Waals surface area contributed by atoms with Gasteiger partial charge in [-0.2, -0.15) is 18.4 Å². The molecule has 7 nitrogen and oxygen atoms in total. The molecule has 0 N–H and O–H groups in total. The molecule has 1 spiro atoms. The van der Waals surface area contributed by atoms with Gasteiger partial charge >= 0.3 is 6.18 Å². The number of anilines is 1. The van der Waals surface area contributed by atoms with Gasteiger partial charge in [-0.3, -0.25) is 0 Å². The molecule has 0 saturated carbocycles. The number of fused-ring (bicyclic) bond motifs is 1. The van der Waals surface area contributed by atoms with Crippen LogP contribution >= 0.6 is 0 Å². The molecule has 2 fully saturated rings. The van der Waals surface area contributed by atoms with Gasteiger partial charge in [-0.25, -0.2) is 4.98 Å². The number of nitrogens with zero attached hydrogens (tertiary/aromatic N) is 4. The lowest BCUT2D eigenvalue weighted by Gasteiger charge is -2.38. The molecule has 178 valence electrons. The van der Waals surface area contributed by atoms with Crippen molar-refractivity contribution in [1.29, 1.82) is 5.26 Å². The highest BCUT2D eigenvalue weighted by molar-refractivity contribution is 5.96. The minimum absolute atomic E-state index is 0.0179. The maximum atomic E-state index is 13.1. The Labute approximate surface area is 194 Å². The van der Waals surface area contributed by atoms with E-state index in [0.717, 1.165) is 0 Å². The Bertz CT molecular complexity index is 1280. The van der Waals surface area contributed by atoms with Crippen molar-refractivity contribution < 1.29 is 27.2 Å². The number of benzene rings is 1. The third-order valence-corrected chi connectivity index (χ3v) is 6.43. The molecule has 1 aromatic carbocycles. The third-order valence-electron chi connectivity index (χ3n) is 6.43. The van der Waals surface area contributed by atoms with Crippen LogP contribution in [0.3, 0.4) is 0 Å². The number of hydrogen-bond donors (Lipinski definition) is 0. The zero-order valence-corrected chi connectivity index (χ0v) is 18.8. The maximum absolute atomic E-state index is 13.1. The number of nitriles is 1. The van der Waals surface area contributed by atoms with Crippen LogP contribution in [0.25, 0.3) is 22.2 Å². The Kier molecular flexibility index (Phi) is 5.49. The van der Waals surface area contributed by atoms with Gasteiger partial charge in [0.05, 0.1) is 42.0 Å².